The summed E-state index contributed by atoms with van der Waals surface area (Å²) in [5.74, 6) is -1.92. The number of benzene rings is 2. The Morgan fingerprint density at radius 1 is 1.19 bits per heavy atom. The van der Waals surface area contributed by atoms with E-state index in [1.165, 1.54) is 31.4 Å². The van der Waals surface area contributed by atoms with Crippen molar-refractivity contribution in [3.8, 4) is 5.75 Å². The number of ether oxygens (including phenoxy) is 1. The second kappa shape index (κ2) is 6.94. The normalized spacial score (nSPS) is 20.3. The second-order valence-electron chi connectivity index (χ2n) is 7.30. The number of nitrogens with two attached hydrogens (primary N) is 1. The van der Waals surface area contributed by atoms with E-state index in [0.717, 1.165) is 22.2 Å². The molecule has 2 aliphatic heterocycles. The fraction of sp³-hybridized carbons (Fsp3) is 0.238. The Balaban J connectivity index is 2.10. The van der Waals surface area contributed by atoms with E-state index in [2.05, 4.69) is 5.32 Å². The first-order valence-corrected chi connectivity index (χ1v) is 10.00. The van der Waals surface area contributed by atoms with Crippen molar-refractivity contribution >= 4 is 29.3 Å². The molecule has 1 atom stereocenters. The zero-order valence-electron chi connectivity index (χ0n) is 16.8. The molecule has 31 heavy (non-hydrogen) atoms. The van der Waals surface area contributed by atoms with Gasteiger partial charge in [-0.1, -0.05) is 30.0 Å². The number of rotatable bonds is 3. The van der Waals surface area contributed by atoms with Gasteiger partial charge in [-0.05, 0) is 43.2 Å². The van der Waals surface area contributed by atoms with E-state index in [1.807, 2.05) is 6.92 Å². The Morgan fingerprint density at radius 2 is 1.84 bits per heavy atom. The second-order valence-corrected chi connectivity index (χ2v) is 8.33. The van der Waals surface area contributed by atoms with Crippen LogP contribution in [0.3, 0.4) is 0 Å². The molecule has 2 aromatic rings. The number of halogens is 3. The van der Waals surface area contributed by atoms with Crippen LogP contribution >= 0.6 is 11.8 Å². The molecule has 0 radical (unpaired) electrons. The third kappa shape index (κ3) is 2.96. The number of anilines is 1. The highest BCUT2D eigenvalue weighted by atomic mass is 32.2. The summed E-state index contributed by atoms with van der Waals surface area (Å²) in [7, 11) is 1.40. The number of amides is 2. The summed E-state index contributed by atoms with van der Waals surface area (Å²) in [5.41, 5.74) is 3.38. The lowest BCUT2D eigenvalue weighted by Gasteiger charge is -2.48. The maximum Gasteiger partial charge on any atom is 0.435 e. The molecule has 162 valence electrons. The Hall–Kier alpha value is -3.14. The molecule has 0 fully saturated rings. The fourth-order valence-corrected chi connectivity index (χ4v) is 5.43. The van der Waals surface area contributed by atoms with Gasteiger partial charge in [0.1, 0.15) is 16.4 Å². The molecule has 0 spiro atoms. The summed E-state index contributed by atoms with van der Waals surface area (Å²) >= 11 is 0.929. The number of nitrogens with one attached hydrogen (secondary N) is 1. The average Bonchev–Trinajstić information content (AvgIpc) is 3.05. The summed E-state index contributed by atoms with van der Waals surface area (Å²) in [6.07, 6.45) is -4.95. The average molecular weight is 449 g/mol. The monoisotopic (exact) mass is 449 g/mol. The first kappa shape index (κ1) is 21.1. The van der Waals surface area contributed by atoms with Crippen molar-refractivity contribution < 1.29 is 27.5 Å². The first-order chi connectivity index (χ1) is 14.5. The minimum absolute atomic E-state index is 0.145. The van der Waals surface area contributed by atoms with E-state index in [9.17, 15) is 22.8 Å². The van der Waals surface area contributed by atoms with Crippen LogP contribution in [0.1, 0.15) is 16.7 Å². The number of thioether (sulfide) groups is 1. The van der Waals surface area contributed by atoms with Crippen molar-refractivity contribution in [2.45, 2.75) is 30.6 Å². The molecule has 2 amide bonds. The van der Waals surface area contributed by atoms with Crippen LogP contribution in [-0.2, 0) is 15.3 Å². The van der Waals surface area contributed by atoms with Crippen LogP contribution in [0.5, 0.6) is 5.75 Å². The molecule has 0 bridgehead atoms. The molecule has 6 nitrogen and oxygen atoms in total. The number of carbonyl (C=O) groups is 2. The summed E-state index contributed by atoms with van der Waals surface area (Å²) in [4.78, 5) is 26.3. The minimum Gasteiger partial charge on any atom is -0.497 e. The van der Waals surface area contributed by atoms with Gasteiger partial charge in [0.15, 0.2) is 0 Å². The van der Waals surface area contributed by atoms with E-state index in [0.29, 0.717) is 16.2 Å². The highest BCUT2D eigenvalue weighted by molar-refractivity contribution is 8.03. The molecular weight excluding hydrogens is 431 g/mol. The molecule has 0 unspecified atom stereocenters. The minimum atomic E-state index is -4.95. The van der Waals surface area contributed by atoms with Crippen LogP contribution in [0.4, 0.5) is 18.9 Å². The predicted octanol–water partition coefficient (Wildman–Crippen LogP) is 3.47. The number of methoxy groups -OCH3 is 1. The largest absolute Gasteiger partial charge is 0.497 e. The highest BCUT2D eigenvalue weighted by Gasteiger charge is 2.66. The molecule has 3 N–H and O–H groups in total. The first-order valence-electron chi connectivity index (χ1n) is 9.18. The van der Waals surface area contributed by atoms with Gasteiger partial charge in [0.2, 0.25) is 5.66 Å². The summed E-state index contributed by atoms with van der Waals surface area (Å²) in [6.45, 7) is 3.50. The number of hydrogen-bond donors (Lipinski definition) is 2. The van der Waals surface area contributed by atoms with Gasteiger partial charge in [-0.15, -0.1) is 0 Å². The highest BCUT2D eigenvalue weighted by Crippen LogP contribution is 2.59. The molecule has 0 saturated carbocycles. The smallest absolute Gasteiger partial charge is 0.435 e. The van der Waals surface area contributed by atoms with Gasteiger partial charge in [-0.2, -0.15) is 13.2 Å². The number of primary amides is 1. The number of aryl methyl sites for hydroxylation is 2. The van der Waals surface area contributed by atoms with Crippen molar-refractivity contribution in [3.63, 3.8) is 0 Å². The SMILES string of the molecule is COc1ccc([C@@]2(C(F)(F)F)NC(=O)C(C(N)=O)=C3Sc4cc(C)cc(C)c4N32)cc1. The summed E-state index contributed by atoms with van der Waals surface area (Å²) in [5, 5.41) is 1.91. The molecule has 2 heterocycles. The number of fused-ring (bicyclic) bond motifs is 3. The van der Waals surface area contributed by atoms with Gasteiger partial charge in [-0.3, -0.25) is 14.5 Å². The van der Waals surface area contributed by atoms with Crippen LogP contribution in [0, 0.1) is 13.8 Å². The van der Waals surface area contributed by atoms with E-state index in [1.54, 1.807) is 19.1 Å². The van der Waals surface area contributed by atoms with Crippen molar-refractivity contribution in [2.24, 2.45) is 5.73 Å². The van der Waals surface area contributed by atoms with Crippen molar-refractivity contribution in [3.05, 3.63) is 63.7 Å². The topological polar surface area (TPSA) is 84.7 Å². The number of carbonyl (C=O) groups excluding carboxylic acids is 2. The zero-order chi connectivity index (χ0) is 22.7. The Kier molecular flexibility index (Phi) is 4.73. The summed E-state index contributed by atoms with van der Waals surface area (Å²) in [6, 6.07) is 8.72. The standard InChI is InChI=1S/C21H18F3N3O3S/c1-10-8-11(2)16-14(9-10)31-19-15(17(25)28)18(29)26-20(27(16)19,21(22,23)24)12-4-6-13(30-3)7-5-12/h4-9H,1-3H3,(H2,25,28)(H,26,29)/t20-/m1/s1. The lowest BCUT2D eigenvalue weighted by atomic mass is 9.91. The third-order valence-corrected chi connectivity index (χ3v) is 6.39. The molecular formula is C21H18F3N3O3S. The van der Waals surface area contributed by atoms with Crippen LogP contribution in [0.15, 0.2) is 51.9 Å². The van der Waals surface area contributed by atoms with Crippen LogP contribution in [0.2, 0.25) is 0 Å². The van der Waals surface area contributed by atoms with Gasteiger partial charge >= 0.3 is 6.18 Å². The van der Waals surface area contributed by atoms with Crippen molar-refractivity contribution in [1.29, 1.82) is 0 Å². The maximum absolute atomic E-state index is 14.9. The fourth-order valence-electron chi connectivity index (χ4n) is 4.01. The maximum atomic E-state index is 14.9. The lowest BCUT2D eigenvalue weighted by molar-refractivity contribution is -0.201. The molecule has 0 aliphatic carbocycles. The van der Waals surface area contributed by atoms with Crippen LogP contribution in [0.25, 0.3) is 0 Å². The zero-order valence-corrected chi connectivity index (χ0v) is 17.6. The number of hydrogen-bond acceptors (Lipinski definition) is 5. The van der Waals surface area contributed by atoms with Gasteiger partial charge in [0.25, 0.3) is 11.8 Å². The van der Waals surface area contributed by atoms with Gasteiger partial charge in [0.05, 0.1) is 12.8 Å². The Morgan fingerprint density at radius 3 is 2.39 bits per heavy atom. The quantitative estimate of drug-likeness (QED) is 0.701. The number of alkyl halides is 3. The van der Waals surface area contributed by atoms with E-state index < -0.39 is 29.2 Å². The van der Waals surface area contributed by atoms with Crippen LogP contribution < -0.4 is 20.7 Å². The third-order valence-electron chi connectivity index (χ3n) is 5.28. The molecule has 0 aromatic heterocycles. The Bertz CT molecular complexity index is 1150. The molecule has 0 saturated heterocycles. The Labute approximate surface area is 180 Å². The molecule has 2 aromatic carbocycles. The molecule has 2 aliphatic rings. The predicted molar refractivity (Wildman–Crippen MR) is 109 cm³/mol. The van der Waals surface area contributed by atoms with Gasteiger partial charge < -0.3 is 15.8 Å². The van der Waals surface area contributed by atoms with Crippen LogP contribution in [-0.4, -0.2) is 25.1 Å². The van der Waals surface area contributed by atoms with E-state index >= 15 is 0 Å². The summed E-state index contributed by atoms with van der Waals surface area (Å²) < 4.78 is 49.7. The van der Waals surface area contributed by atoms with Gasteiger partial charge in [0, 0.05) is 10.5 Å². The van der Waals surface area contributed by atoms with Gasteiger partial charge in [-0.25, -0.2) is 0 Å². The van der Waals surface area contributed by atoms with E-state index in [4.69, 9.17) is 10.5 Å². The molecule has 4 rings (SSSR count). The van der Waals surface area contributed by atoms with Crippen molar-refractivity contribution in [1.82, 2.24) is 5.32 Å². The molecule has 10 heteroatoms. The van der Waals surface area contributed by atoms with E-state index in [-0.39, 0.29) is 16.3 Å². The lowest BCUT2D eigenvalue weighted by Crippen LogP contribution is -2.69. The van der Waals surface area contributed by atoms with Crippen molar-refractivity contribution in [2.75, 3.05) is 12.0 Å². The number of nitrogens with zero attached hydrogens (tertiary/aromatic N) is 1.